The van der Waals surface area contributed by atoms with Gasteiger partial charge in [0.2, 0.25) is 5.91 Å². The molecule has 0 aliphatic carbocycles. The first-order valence-corrected chi connectivity index (χ1v) is 6.33. The molecule has 0 aromatic carbocycles. The molecule has 1 aliphatic rings. The summed E-state index contributed by atoms with van der Waals surface area (Å²) in [4.78, 5) is 11.4. The molecule has 1 amide bonds. The second-order valence-corrected chi connectivity index (χ2v) is 4.57. The first-order valence-electron chi connectivity index (χ1n) is 6.33. The lowest BCUT2D eigenvalue weighted by molar-refractivity contribution is -0.126. The van der Waals surface area contributed by atoms with Crippen molar-refractivity contribution >= 4 is 5.91 Å². The van der Waals surface area contributed by atoms with E-state index in [1.165, 1.54) is 6.42 Å². The van der Waals surface area contributed by atoms with Gasteiger partial charge in [-0.05, 0) is 32.7 Å². The van der Waals surface area contributed by atoms with Gasteiger partial charge in [0.1, 0.15) is 6.61 Å². The van der Waals surface area contributed by atoms with Crippen LogP contribution >= 0.6 is 0 Å². The number of hydrogen-bond acceptors (Lipinski definition) is 3. The second-order valence-electron chi connectivity index (χ2n) is 4.57. The molecule has 2 N–H and O–H groups in total. The largest absolute Gasteiger partial charge is 0.370 e. The molecule has 1 saturated heterocycles. The Hall–Kier alpha value is -0.610. The van der Waals surface area contributed by atoms with Gasteiger partial charge in [0.15, 0.2) is 0 Å². The van der Waals surface area contributed by atoms with E-state index in [9.17, 15) is 4.79 Å². The lowest BCUT2D eigenvalue weighted by atomic mass is 10.2. The van der Waals surface area contributed by atoms with Crippen molar-refractivity contribution in [3.63, 3.8) is 0 Å². The number of ether oxygens (including phenoxy) is 1. The fourth-order valence-corrected chi connectivity index (χ4v) is 2.01. The van der Waals surface area contributed by atoms with Crippen LogP contribution in [0.2, 0.25) is 0 Å². The highest BCUT2D eigenvalue weighted by atomic mass is 16.5. The summed E-state index contributed by atoms with van der Waals surface area (Å²) >= 11 is 0. The molecule has 4 nitrogen and oxygen atoms in total. The van der Waals surface area contributed by atoms with Gasteiger partial charge in [-0.1, -0.05) is 13.3 Å². The highest BCUT2D eigenvalue weighted by Gasteiger charge is 2.14. The van der Waals surface area contributed by atoms with Crippen LogP contribution < -0.4 is 10.6 Å². The van der Waals surface area contributed by atoms with Crippen LogP contribution in [0.4, 0.5) is 0 Å². The Morgan fingerprint density at radius 1 is 1.62 bits per heavy atom. The van der Waals surface area contributed by atoms with E-state index in [1.54, 1.807) is 0 Å². The summed E-state index contributed by atoms with van der Waals surface area (Å²) in [5, 5.41) is 6.26. The predicted octanol–water partition coefficient (Wildman–Crippen LogP) is 1.06. The number of amides is 1. The third-order valence-corrected chi connectivity index (χ3v) is 2.84. The van der Waals surface area contributed by atoms with E-state index in [0.29, 0.717) is 12.6 Å². The van der Waals surface area contributed by atoms with Crippen molar-refractivity contribution in [2.75, 3.05) is 19.8 Å². The van der Waals surface area contributed by atoms with E-state index in [4.69, 9.17) is 4.74 Å². The summed E-state index contributed by atoms with van der Waals surface area (Å²) in [6, 6.07) is 0.701. The number of carbonyl (C=O) groups is 1. The molecule has 1 fully saturated rings. The standard InChI is InChI=1S/C12H24N2O2/c1-3-5-10(2)14-12(15)9-16-8-11-6-4-7-13-11/h10-11,13H,3-9H2,1-2H3,(H,14,15). The maximum Gasteiger partial charge on any atom is 0.246 e. The van der Waals surface area contributed by atoms with Crippen LogP contribution in [0, 0.1) is 0 Å². The van der Waals surface area contributed by atoms with Gasteiger partial charge in [-0.3, -0.25) is 4.79 Å². The Morgan fingerprint density at radius 2 is 2.44 bits per heavy atom. The highest BCUT2D eigenvalue weighted by molar-refractivity contribution is 5.77. The summed E-state index contributed by atoms with van der Waals surface area (Å²) in [6.45, 7) is 6.06. The Morgan fingerprint density at radius 3 is 3.06 bits per heavy atom. The minimum absolute atomic E-state index is 0.000975. The van der Waals surface area contributed by atoms with Gasteiger partial charge in [-0.25, -0.2) is 0 Å². The van der Waals surface area contributed by atoms with Gasteiger partial charge < -0.3 is 15.4 Å². The van der Waals surface area contributed by atoms with Crippen molar-refractivity contribution in [3.8, 4) is 0 Å². The predicted molar refractivity (Wildman–Crippen MR) is 64.4 cm³/mol. The van der Waals surface area contributed by atoms with Crippen molar-refractivity contribution in [3.05, 3.63) is 0 Å². The van der Waals surface area contributed by atoms with Gasteiger partial charge in [-0.2, -0.15) is 0 Å². The van der Waals surface area contributed by atoms with Gasteiger partial charge >= 0.3 is 0 Å². The first-order chi connectivity index (χ1) is 7.72. The molecule has 0 saturated carbocycles. The van der Waals surface area contributed by atoms with Gasteiger partial charge in [0.25, 0.3) is 0 Å². The van der Waals surface area contributed by atoms with Gasteiger partial charge in [0, 0.05) is 12.1 Å². The van der Waals surface area contributed by atoms with E-state index >= 15 is 0 Å². The monoisotopic (exact) mass is 228 g/mol. The van der Waals surface area contributed by atoms with E-state index in [1.807, 2.05) is 6.92 Å². The summed E-state index contributed by atoms with van der Waals surface area (Å²) in [6.07, 6.45) is 4.49. The molecule has 0 bridgehead atoms. The van der Waals surface area contributed by atoms with Crippen LogP contribution in [-0.4, -0.2) is 37.7 Å². The molecule has 1 rings (SSSR count). The molecular weight excluding hydrogens is 204 g/mol. The van der Waals surface area contributed by atoms with Crippen molar-refractivity contribution in [2.24, 2.45) is 0 Å². The molecule has 0 spiro atoms. The smallest absolute Gasteiger partial charge is 0.246 e. The van der Waals surface area contributed by atoms with Crippen LogP contribution in [0.1, 0.15) is 39.5 Å². The van der Waals surface area contributed by atoms with E-state index in [2.05, 4.69) is 17.6 Å². The molecule has 1 aliphatic heterocycles. The first kappa shape index (κ1) is 13.5. The molecule has 2 atom stereocenters. The van der Waals surface area contributed by atoms with Crippen LogP contribution in [0.3, 0.4) is 0 Å². The molecule has 2 unspecified atom stereocenters. The highest BCUT2D eigenvalue weighted by Crippen LogP contribution is 2.04. The lowest BCUT2D eigenvalue weighted by Gasteiger charge is -2.14. The maximum atomic E-state index is 11.4. The third kappa shape index (κ3) is 5.47. The summed E-state index contributed by atoms with van der Waals surface area (Å²) in [7, 11) is 0. The maximum absolute atomic E-state index is 11.4. The fraction of sp³-hybridized carbons (Fsp3) is 0.917. The van der Waals surface area contributed by atoms with E-state index in [-0.39, 0.29) is 18.6 Å². The zero-order chi connectivity index (χ0) is 11.8. The SMILES string of the molecule is CCCC(C)NC(=O)COCC1CCCN1. The Kier molecular flexibility index (Phi) is 6.42. The average molecular weight is 228 g/mol. The average Bonchev–Trinajstić information content (AvgIpc) is 2.70. The zero-order valence-corrected chi connectivity index (χ0v) is 10.4. The van der Waals surface area contributed by atoms with Crippen LogP contribution in [-0.2, 0) is 9.53 Å². The molecule has 1 heterocycles. The van der Waals surface area contributed by atoms with Crippen LogP contribution in [0.5, 0.6) is 0 Å². The molecular formula is C12H24N2O2. The van der Waals surface area contributed by atoms with Crippen molar-refractivity contribution in [1.29, 1.82) is 0 Å². The van der Waals surface area contributed by atoms with Crippen LogP contribution in [0.25, 0.3) is 0 Å². The minimum atomic E-state index is -0.000975. The summed E-state index contributed by atoms with van der Waals surface area (Å²) in [5.74, 6) is -0.000975. The minimum Gasteiger partial charge on any atom is -0.370 e. The Labute approximate surface area is 98.1 Å². The number of nitrogens with one attached hydrogen (secondary N) is 2. The lowest BCUT2D eigenvalue weighted by Crippen LogP contribution is -2.36. The number of hydrogen-bond donors (Lipinski definition) is 2. The van der Waals surface area contributed by atoms with Crippen molar-refractivity contribution in [1.82, 2.24) is 10.6 Å². The summed E-state index contributed by atoms with van der Waals surface area (Å²) < 4.78 is 5.38. The molecule has 0 radical (unpaired) electrons. The number of carbonyl (C=O) groups excluding carboxylic acids is 1. The van der Waals surface area contributed by atoms with E-state index in [0.717, 1.165) is 25.8 Å². The van der Waals surface area contributed by atoms with Gasteiger partial charge in [-0.15, -0.1) is 0 Å². The van der Waals surface area contributed by atoms with E-state index < -0.39 is 0 Å². The molecule has 94 valence electrons. The van der Waals surface area contributed by atoms with Gasteiger partial charge in [0.05, 0.1) is 6.61 Å². The topological polar surface area (TPSA) is 50.4 Å². The quantitative estimate of drug-likeness (QED) is 0.685. The van der Waals surface area contributed by atoms with Crippen molar-refractivity contribution in [2.45, 2.75) is 51.6 Å². The molecule has 16 heavy (non-hydrogen) atoms. The molecule has 0 aromatic rings. The zero-order valence-electron chi connectivity index (χ0n) is 10.4. The normalized spacial score (nSPS) is 22.0. The second kappa shape index (κ2) is 7.63. The Bertz CT molecular complexity index is 203. The van der Waals surface area contributed by atoms with Crippen LogP contribution in [0.15, 0.2) is 0 Å². The van der Waals surface area contributed by atoms with Crippen molar-refractivity contribution < 1.29 is 9.53 Å². The Balaban J connectivity index is 2.01. The molecule has 4 heteroatoms. The summed E-state index contributed by atoms with van der Waals surface area (Å²) in [5.41, 5.74) is 0. The molecule has 0 aromatic heterocycles. The fourth-order valence-electron chi connectivity index (χ4n) is 2.01. The number of rotatable bonds is 7. The third-order valence-electron chi connectivity index (χ3n) is 2.84.